The molecule has 0 atom stereocenters. The van der Waals surface area contributed by atoms with Gasteiger partial charge in [0.1, 0.15) is 0 Å². The SMILES string of the molecule is COc1ccc(-c2nnc(SCC(=O)N/N=C/c3ccc(Cl)c(Cl)c3)n2-c2ccccc2)cc1OC. The number of halogens is 2. The minimum atomic E-state index is -0.299. The third-order valence-corrected chi connectivity index (χ3v) is 6.64. The molecule has 36 heavy (non-hydrogen) atoms. The van der Waals surface area contributed by atoms with E-state index in [1.165, 1.54) is 18.0 Å². The van der Waals surface area contributed by atoms with Crippen LogP contribution in [0.1, 0.15) is 5.56 Å². The molecule has 3 aromatic carbocycles. The van der Waals surface area contributed by atoms with Crippen LogP contribution in [0.3, 0.4) is 0 Å². The van der Waals surface area contributed by atoms with Crippen molar-refractivity contribution in [3.63, 3.8) is 0 Å². The number of carbonyl (C=O) groups is 1. The Hall–Kier alpha value is -3.53. The van der Waals surface area contributed by atoms with Gasteiger partial charge in [-0.1, -0.05) is 59.2 Å². The van der Waals surface area contributed by atoms with Crippen LogP contribution in [0, 0.1) is 0 Å². The molecule has 11 heteroatoms. The lowest BCUT2D eigenvalue weighted by Crippen LogP contribution is -2.20. The summed E-state index contributed by atoms with van der Waals surface area (Å²) < 4.78 is 12.7. The summed E-state index contributed by atoms with van der Waals surface area (Å²) in [6.45, 7) is 0. The number of rotatable bonds is 9. The molecular weight excluding hydrogens is 521 g/mol. The second-order valence-electron chi connectivity index (χ2n) is 7.30. The van der Waals surface area contributed by atoms with Crippen LogP contribution in [-0.2, 0) is 4.79 Å². The van der Waals surface area contributed by atoms with E-state index in [1.54, 1.807) is 32.4 Å². The zero-order valence-electron chi connectivity index (χ0n) is 19.3. The van der Waals surface area contributed by atoms with E-state index in [2.05, 4.69) is 20.7 Å². The van der Waals surface area contributed by atoms with Crippen molar-refractivity contribution in [1.82, 2.24) is 20.2 Å². The van der Waals surface area contributed by atoms with Crippen LogP contribution in [0.15, 0.2) is 77.0 Å². The lowest BCUT2D eigenvalue weighted by Gasteiger charge is -2.12. The number of hydrogen-bond acceptors (Lipinski definition) is 7. The van der Waals surface area contributed by atoms with E-state index in [9.17, 15) is 4.79 Å². The summed E-state index contributed by atoms with van der Waals surface area (Å²) in [6.07, 6.45) is 1.49. The highest BCUT2D eigenvalue weighted by Crippen LogP contribution is 2.34. The van der Waals surface area contributed by atoms with Crippen LogP contribution < -0.4 is 14.9 Å². The first-order chi connectivity index (χ1) is 17.5. The number of hydrogen-bond donors (Lipinski definition) is 1. The number of hydrazone groups is 1. The summed E-state index contributed by atoms with van der Waals surface area (Å²) in [7, 11) is 3.16. The Bertz CT molecular complexity index is 1400. The van der Waals surface area contributed by atoms with Gasteiger partial charge in [0.15, 0.2) is 22.5 Å². The van der Waals surface area contributed by atoms with Crippen molar-refractivity contribution < 1.29 is 14.3 Å². The standard InChI is InChI=1S/C25H21Cl2N5O3S/c1-34-21-11-9-17(13-22(21)35-2)24-30-31-25(32(24)18-6-4-3-5-7-18)36-15-23(33)29-28-14-16-8-10-19(26)20(27)12-16/h3-14H,15H2,1-2H3,(H,29,33)/b28-14+. The molecule has 4 aromatic rings. The molecule has 184 valence electrons. The number of ether oxygens (including phenoxy) is 2. The molecule has 8 nitrogen and oxygen atoms in total. The molecule has 0 aliphatic rings. The quantitative estimate of drug-likeness (QED) is 0.171. The third kappa shape index (κ3) is 5.99. The van der Waals surface area contributed by atoms with Crippen molar-refractivity contribution in [3.05, 3.63) is 82.3 Å². The van der Waals surface area contributed by atoms with Gasteiger partial charge >= 0.3 is 0 Å². The molecule has 1 N–H and O–H groups in total. The lowest BCUT2D eigenvalue weighted by atomic mass is 10.2. The van der Waals surface area contributed by atoms with Gasteiger partial charge in [0, 0.05) is 11.3 Å². The molecule has 0 spiro atoms. The Kier molecular flexibility index (Phi) is 8.48. The zero-order chi connectivity index (χ0) is 25.5. The van der Waals surface area contributed by atoms with Crippen molar-refractivity contribution in [2.45, 2.75) is 5.16 Å². The van der Waals surface area contributed by atoms with Gasteiger partial charge in [-0.2, -0.15) is 5.10 Å². The Labute approximate surface area is 222 Å². The molecule has 0 radical (unpaired) electrons. The van der Waals surface area contributed by atoms with Crippen LogP contribution in [0.2, 0.25) is 10.0 Å². The molecule has 0 aliphatic carbocycles. The van der Waals surface area contributed by atoms with Crippen LogP contribution in [0.5, 0.6) is 11.5 Å². The Morgan fingerprint density at radius 2 is 1.78 bits per heavy atom. The van der Waals surface area contributed by atoms with E-state index >= 15 is 0 Å². The van der Waals surface area contributed by atoms with E-state index < -0.39 is 0 Å². The molecular formula is C25H21Cl2N5O3S. The summed E-state index contributed by atoms with van der Waals surface area (Å²) in [5.74, 6) is 1.57. The largest absolute Gasteiger partial charge is 0.493 e. The van der Waals surface area contributed by atoms with E-state index in [0.717, 1.165) is 11.3 Å². The number of benzene rings is 3. The first-order valence-electron chi connectivity index (χ1n) is 10.6. The van der Waals surface area contributed by atoms with E-state index in [-0.39, 0.29) is 11.7 Å². The zero-order valence-corrected chi connectivity index (χ0v) is 21.6. The minimum Gasteiger partial charge on any atom is -0.493 e. The summed E-state index contributed by atoms with van der Waals surface area (Å²) in [5, 5.41) is 14.1. The fraction of sp³-hybridized carbons (Fsp3) is 0.120. The Morgan fingerprint density at radius 3 is 2.50 bits per heavy atom. The highest BCUT2D eigenvalue weighted by molar-refractivity contribution is 7.99. The van der Waals surface area contributed by atoms with Crippen LogP contribution in [0.25, 0.3) is 17.1 Å². The number of aromatic nitrogens is 3. The van der Waals surface area contributed by atoms with Crippen LogP contribution in [0.4, 0.5) is 0 Å². The topological polar surface area (TPSA) is 90.6 Å². The van der Waals surface area contributed by atoms with Gasteiger partial charge in [-0.25, -0.2) is 5.43 Å². The summed E-state index contributed by atoms with van der Waals surface area (Å²) >= 11 is 13.2. The predicted octanol–water partition coefficient (Wildman–Crippen LogP) is 5.50. The summed E-state index contributed by atoms with van der Waals surface area (Å²) in [5.41, 5.74) is 4.85. The van der Waals surface area contributed by atoms with Gasteiger partial charge in [0.2, 0.25) is 0 Å². The van der Waals surface area contributed by atoms with Crippen molar-refractivity contribution >= 4 is 47.1 Å². The molecule has 0 aliphatic heterocycles. The van der Waals surface area contributed by atoms with Gasteiger partial charge in [-0.3, -0.25) is 9.36 Å². The monoisotopic (exact) mass is 541 g/mol. The second kappa shape index (κ2) is 11.9. The number of para-hydroxylation sites is 1. The average molecular weight is 542 g/mol. The predicted molar refractivity (Wildman–Crippen MR) is 143 cm³/mol. The van der Waals surface area contributed by atoms with E-state index in [4.69, 9.17) is 32.7 Å². The van der Waals surface area contributed by atoms with E-state index in [1.807, 2.05) is 53.1 Å². The highest BCUT2D eigenvalue weighted by atomic mass is 35.5. The summed E-state index contributed by atoms with van der Waals surface area (Å²) in [6, 6.07) is 20.3. The average Bonchev–Trinajstić information content (AvgIpc) is 3.33. The van der Waals surface area contributed by atoms with Crippen molar-refractivity contribution in [1.29, 1.82) is 0 Å². The van der Waals surface area contributed by atoms with Gasteiger partial charge in [0.25, 0.3) is 5.91 Å². The molecule has 1 heterocycles. The highest BCUT2D eigenvalue weighted by Gasteiger charge is 2.18. The Balaban J connectivity index is 1.53. The molecule has 1 aromatic heterocycles. The van der Waals surface area contributed by atoms with Gasteiger partial charge in [-0.15, -0.1) is 10.2 Å². The fourth-order valence-electron chi connectivity index (χ4n) is 3.27. The molecule has 0 saturated carbocycles. The maximum absolute atomic E-state index is 12.4. The van der Waals surface area contributed by atoms with Gasteiger partial charge < -0.3 is 9.47 Å². The van der Waals surface area contributed by atoms with Crippen LogP contribution in [-0.4, -0.2) is 46.9 Å². The van der Waals surface area contributed by atoms with Crippen LogP contribution >= 0.6 is 35.0 Å². The molecule has 0 saturated heterocycles. The normalized spacial score (nSPS) is 11.0. The third-order valence-electron chi connectivity index (χ3n) is 4.97. The summed E-state index contributed by atoms with van der Waals surface area (Å²) in [4.78, 5) is 12.4. The first kappa shape index (κ1) is 25.6. The molecule has 1 amide bonds. The molecule has 0 fully saturated rings. The minimum absolute atomic E-state index is 0.0790. The number of nitrogens with one attached hydrogen (secondary N) is 1. The first-order valence-corrected chi connectivity index (χ1v) is 12.4. The number of nitrogens with zero attached hydrogens (tertiary/aromatic N) is 4. The maximum atomic E-state index is 12.4. The Morgan fingerprint density at radius 1 is 1.00 bits per heavy atom. The van der Waals surface area contributed by atoms with Gasteiger partial charge in [-0.05, 0) is 48.0 Å². The molecule has 4 rings (SSSR count). The molecule has 0 unspecified atom stereocenters. The fourth-order valence-corrected chi connectivity index (χ4v) is 4.32. The maximum Gasteiger partial charge on any atom is 0.250 e. The number of carbonyl (C=O) groups excluding carboxylic acids is 1. The number of methoxy groups -OCH3 is 2. The number of amides is 1. The lowest BCUT2D eigenvalue weighted by molar-refractivity contribution is -0.118. The van der Waals surface area contributed by atoms with Crippen molar-refractivity contribution in [2.24, 2.45) is 5.10 Å². The second-order valence-corrected chi connectivity index (χ2v) is 9.06. The van der Waals surface area contributed by atoms with Crippen molar-refractivity contribution in [2.75, 3.05) is 20.0 Å². The molecule has 0 bridgehead atoms. The van der Waals surface area contributed by atoms with Crippen molar-refractivity contribution in [3.8, 4) is 28.6 Å². The van der Waals surface area contributed by atoms with E-state index in [0.29, 0.717) is 38.1 Å². The van der Waals surface area contributed by atoms with Gasteiger partial charge in [0.05, 0.1) is 36.2 Å². The smallest absolute Gasteiger partial charge is 0.250 e. The number of thioether (sulfide) groups is 1.